The van der Waals surface area contributed by atoms with Gasteiger partial charge in [-0.3, -0.25) is 0 Å². The van der Waals surface area contributed by atoms with Crippen molar-refractivity contribution in [2.24, 2.45) is 4.99 Å². The van der Waals surface area contributed by atoms with E-state index in [1.165, 1.54) is 11.6 Å². The van der Waals surface area contributed by atoms with Crippen molar-refractivity contribution in [3.8, 4) is 6.07 Å². The maximum Gasteiger partial charge on any atom is 0.236 e. The number of nitrogens with zero attached hydrogens (tertiary/aromatic N) is 2. The van der Waals surface area contributed by atoms with Crippen LogP contribution >= 0.6 is 0 Å². The lowest BCUT2D eigenvalue weighted by molar-refractivity contribution is 0.334. The fourth-order valence-corrected chi connectivity index (χ4v) is 2.49. The van der Waals surface area contributed by atoms with E-state index in [-0.39, 0.29) is 0 Å². The second-order valence-electron chi connectivity index (χ2n) is 4.53. The van der Waals surface area contributed by atoms with Crippen LogP contribution in [0.2, 0.25) is 0 Å². The van der Waals surface area contributed by atoms with E-state index in [0.717, 1.165) is 12.8 Å². The summed E-state index contributed by atoms with van der Waals surface area (Å²) in [4.78, 5) is 14.0. The Balaban J connectivity index is 2.09. The molecule has 0 atom stereocenters. The van der Waals surface area contributed by atoms with Crippen LogP contribution in [0, 0.1) is 11.3 Å². The van der Waals surface area contributed by atoms with E-state index in [0.29, 0.717) is 18.8 Å². The van der Waals surface area contributed by atoms with Crippen LogP contribution in [0.15, 0.2) is 35.3 Å². The lowest BCUT2D eigenvalue weighted by Crippen LogP contribution is -2.29. The summed E-state index contributed by atoms with van der Waals surface area (Å²) in [6.45, 7) is 0. The summed E-state index contributed by atoms with van der Waals surface area (Å²) in [6, 6.07) is 12.5. The van der Waals surface area contributed by atoms with E-state index < -0.39 is 5.54 Å². The minimum absolute atomic E-state index is 0.486. The summed E-state index contributed by atoms with van der Waals surface area (Å²) in [6.07, 6.45) is 4.65. The molecular weight excluding hydrogens is 212 g/mol. The van der Waals surface area contributed by atoms with Crippen LogP contribution in [0.5, 0.6) is 0 Å². The molecule has 3 nitrogen and oxygen atoms in total. The molecule has 17 heavy (non-hydrogen) atoms. The van der Waals surface area contributed by atoms with Gasteiger partial charge in [0.15, 0.2) is 5.54 Å². The lowest BCUT2D eigenvalue weighted by atomic mass is 9.75. The van der Waals surface area contributed by atoms with E-state index >= 15 is 0 Å². The Bertz CT molecular complexity index is 461. The Labute approximate surface area is 101 Å². The Hall–Kier alpha value is -1.91. The number of benzene rings is 1. The van der Waals surface area contributed by atoms with Gasteiger partial charge in [-0.05, 0) is 37.2 Å². The molecule has 0 radical (unpaired) electrons. The summed E-state index contributed by atoms with van der Waals surface area (Å²) >= 11 is 0. The van der Waals surface area contributed by atoms with Crippen LogP contribution in [0.3, 0.4) is 0 Å². The topological polar surface area (TPSA) is 53.2 Å². The number of carbonyl (C=O) groups excluding carboxylic acids is 1. The standard InChI is InChI=1S/C14H14N2O/c15-10-14(16-11-17)8-6-13(7-9-14)12-4-2-1-3-5-12/h1-5,13H,6-9H2. The van der Waals surface area contributed by atoms with Gasteiger partial charge in [0, 0.05) is 0 Å². The van der Waals surface area contributed by atoms with Crippen LogP contribution in [-0.4, -0.2) is 11.6 Å². The van der Waals surface area contributed by atoms with E-state index in [9.17, 15) is 4.79 Å². The Morgan fingerprint density at radius 2 is 1.88 bits per heavy atom. The maximum absolute atomic E-state index is 10.3. The second kappa shape index (κ2) is 4.95. The molecule has 0 N–H and O–H groups in total. The van der Waals surface area contributed by atoms with Crippen LogP contribution in [0.1, 0.15) is 37.2 Å². The summed E-state index contributed by atoms with van der Waals surface area (Å²) in [7, 11) is 0. The van der Waals surface area contributed by atoms with Crippen LogP contribution in [0.25, 0.3) is 0 Å². The fourth-order valence-electron chi connectivity index (χ4n) is 2.49. The molecule has 1 fully saturated rings. The van der Waals surface area contributed by atoms with Crippen molar-refractivity contribution in [3.63, 3.8) is 0 Å². The molecule has 0 aliphatic heterocycles. The van der Waals surface area contributed by atoms with E-state index in [1.807, 2.05) is 18.2 Å². The predicted octanol–water partition coefficient (Wildman–Crippen LogP) is 2.94. The molecule has 1 saturated carbocycles. The zero-order valence-corrected chi connectivity index (χ0v) is 9.60. The average Bonchev–Trinajstić information content (AvgIpc) is 2.41. The molecule has 2 rings (SSSR count). The highest BCUT2D eigenvalue weighted by Crippen LogP contribution is 2.39. The first-order chi connectivity index (χ1) is 8.29. The van der Waals surface area contributed by atoms with Gasteiger partial charge in [-0.15, -0.1) is 0 Å². The monoisotopic (exact) mass is 226 g/mol. The van der Waals surface area contributed by atoms with Crippen molar-refractivity contribution in [2.45, 2.75) is 37.1 Å². The third-order valence-corrected chi connectivity index (χ3v) is 3.55. The van der Waals surface area contributed by atoms with Crippen molar-refractivity contribution in [3.05, 3.63) is 35.9 Å². The van der Waals surface area contributed by atoms with E-state index in [2.05, 4.69) is 23.2 Å². The van der Waals surface area contributed by atoms with Gasteiger partial charge >= 0.3 is 0 Å². The van der Waals surface area contributed by atoms with E-state index in [4.69, 9.17) is 5.26 Å². The van der Waals surface area contributed by atoms with Gasteiger partial charge in [0.2, 0.25) is 6.08 Å². The SMILES string of the molecule is N#CC1(N=C=O)CCC(c2ccccc2)CC1. The van der Waals surface area contributed by atoms with Gasteiger partial charge in [-0.25, -0.2) is 4.79 Å². The molecule has 0 saturated heterocycles. The maximum atomic E-state index is 10.3. The van der Waals surface area contributed by atoms with Gasteiger partial charge in [-0.2, -0.15) is 10.3 Å². The first-order valence-electron chi connectivity index (χ1n) is 5.85. The molecule has 0 spiro atoms. The molecule has 1 aliphatic rings. The van der Waals surface area contributed by atoms with Crippen molar-refractivity contribution in [2.75, 3.05) is 0 Å². The Morgan fingerprint density at radius 1 is 1.24 bits per heavy atom. The van der Waals surface area contributed by atoms with Crippen LogP contribution in [-0.2, 0) is 4.79 Å². The van der Waals surface area contributed by atoms with Gasteiger partial charge < -0.3 is 0 Å². The van der Waals surface area contributed by atoms with Crippen molar-refractivity contribution < 1.29 is 4.79 Å². The summed E-state index contributed by atoms with van der Waals surface area (Å²) in [5, 5.41) is 9.11. The third kappa shape index (κ3) is 2.43. The molecule has 0 aromatic heterocycles. The summed E-state index contributed by atoms with van der Waals surface area (Å²) in [5.41, 5.74) is 0.502. The summed E-state index contributed by atoms with van der Waals surface area (Å²) < 4.78 is 0. The molecular formula is C14H14N2O. The average molecular weight is 226 g/mol. The van der Waals surface area contributed by atoms with Crippen LogP contribution in [0.4, 0.5) is 0 Å². The van der Waals surface area contributed by atoms with E-state index in [1.54, 1.807) is 0 Å². The molecule has 0 bridgehead atoms. The number of isocyanates is 1. The van der Waals surface area contributed by atoms with Gasteiger partial charge in [0.25, 0.3) is 0 Å². The largest absolute Gasteiger partial charge is 0.236 e. The van der Waals surface area contributed by atoms with Crippen LogP contribution < -0.4 is 0 Å². The molecule has 1 aromatic rings. The number of aliphatic imine (C=N–C) groups is 1. The number of hydrogen-bond acceptors (Lipinski definition) is 3. The van der Waals surface area contributed by atoms with Crippen molar-refractivity contribution >= 4 is 6.08 Å². The van der Waals surface area contributed by atoms with Crippen molar-refractivity contribution in [1.29, 1.82) is 5.26 Å². The lowest BCUT2D eigenvalue weighted by Gasteiger charge is -2.31. The highest BCUT2D eigenvalue weighted by atomic mass is 16.1. The molecule has 86 valence electrons. The predicted molar refractivity (Wildman–Crippen MR) is 64.1 cm³/mol. The zero-order valence-electron chi connectivity index (χ0n) is 9.60. The zero-order chi connectivity index (χ0) is 12.1. The first-order valence-corrected chi connectivity index (χ1v) is 5.85. The first kappa shape index (κ1) is 11.6. The molecule has 0 amide bonds. The smallest absolute Gasteiger partial charge is 0.211 e. The molecule has 0 unspecified atom stereocenters. The molecule has 0 heterocycles. The highest BCUT2D eigenvalue weighted by molar-refractivity contribution is 5.37. The number of rotatable bonds is 2. The molecule has 1 aliphatic carbocycles. The Morgan fingerprint density at radius 3 is 2.41 bits per heavy atom. The fraction of sp³-hybridized carbons (Fsp3) is 0.429. The molecule has 3 heteroatoms. The minimum Gasteiger partial charge on any atom is -0.211 e. The molecule has 1 aromatic carbocycles. The minimum atomic E-state index is -0.812. The van der Waals surface area contributed by atoms with Gasteiger partial charge in [0.05, 0.1) is 6.07 Å². The van der Waals surface area contributed by atoms with Gasteiger partial charge in [-0.1, -0.05) is 30.3 Å². The van der Waals surface area contributed by atoms with Gasteiger partial charge in [0.1, 0.15) is 0 Å². The Kier molecular flexibility index (Phi) is 3.37. The normalized spacial score (nSPS) is 27.8. The third-order valence-electron chi connectivity index (χ3n) is 3.55. The van der Waals surface area contributed by atoms with Crippen molar-refractivity contribution in [1.82, 2.24) is 0 Å². The number of nitriles is 1. The highest BCUT2D eigenvalue weighted by Gasteiger charge is 2.35. The number of hydrogen-bond donors (Lipinski definition) is 0. The quantitative estimate of drug-likeness (QED) is 0.575. The summed E-state index contributed by atoms with van der Waals surface area (Å²) in [5.74, 6) is 0.486. The second-order valence-corrected chi connectivity index (χ2v) is 4.53.